The van der Waals surface area contributed by atoms with Crippen molar-refractivity contribution in [2.24, 2.45) is 0 Å². The van der Waals surface area contributed by atoms with Gasteiger partial charge in [0.1, 0.15) is 17.0 Å². The van der Waals surface area contributed by atoms with Crippen LogP contribution in [0.15, 0.2) is 54.9 Å². The number of nitrogens with zero attached hydrogens (tertiary/aromatic N) is 4. The van der Waals surface area contributed by atoms with Crippen molar-refractivity contribution in [3.63, 3.8) is 0 Å². The van der Waals surface area contributed by atoms with Gasteiger partial charge in [0.05, 0.1) is 30.5 Å². The number of hydrogen-bond acceptors (Lipinski definition) is 6. The molecule has 0 radical (unpaired) electrons. The van der Waals surface area contributed by atoms with Crippen molar-refractivity contribution in [3.8, 4) is 11.5 Å². The molecule has 0 saturated carbocycles. The van der Waals surface area contributed by atoms with Gasteiger partial charge in [-0.2, -0.15) is 5.10 Å². The first-order valence-corrected chi connectivity index (χ1v) is 10.4. The van der Waals surface area contributed by atoms with E-state index in [1.165, 1.54) is 11.3 Å². The zero-order valence-corrected chi connectivity index (χ0v) is 18.0. The van der Waals surface area contributed by atoms with Crippen LogP contribution in [0.2, 0.25) is 5.02 Å². The van der Waals surface area contributed by atoms with Crippen LogP contribution in [-0.2, 0) is 6.54 Å². The van der Waals surface area contributed by atoms with E-state index in [1.807, 2.05) is 24.4 Å². The van der Waals surface area contributed by atoms with Crippen LogP contribution in [0.1, 0.15) is 10.4 Å². The molecule has 2 aromatic carbocycles. The fraction of sp³-hybridized carbons (Fsp3) is 0.190. The van der Waals surface area contributed by atoms with Crippen molar-refractivity contribution in [2.45, 2.75) is 6.54 Å². The number of carbonyl (C=O) groups excluding carboxylic acids is 1. The number of ether oxygens (including phenoxy) is 2. The molecule has 154 valence electrons. The predicted octanol–water partition coefficient (Wildman–Crippen LogP) is 4.51. The molecule has 0 aliphatic carbocycles. The van der Waals surface area contributed by atoms with Gasteiger partial charge in [0, 0.05) is 30.6 Å². The van der Waals surface area contributed by atoms with Gasteiger partial charge in [0.15, 0.2) is 5.13 Å². The SMILES string of the molecule is COc1cc(OC)cc(C(=O)N(CCn2cccn2)c2nc3c(Cl)cccc3s2)c1. The Balaban J connectivity index is 1.74. The molecule has 30 heavy (non-hydrogen) atoms. The Labute approximate surface area is 182 Å². The second-order valence-electron chi connectivity index (χ2n) is 6.41. The van der Waals surface area contributed by atoms with Crippen LogP contribution in [0.4, 0.5) is 5.13 Å². The fourth-order valence-corrected chi connectivity index (χ4v) is 4.31. The van der Waals surface area contributed by atoms with Gasteiger partial charge >= 0.3 is 0 Å². The first-order chi connectivity index (χ1) is 14.6. The lowest BCUT2D eigenvalue weighted by molar-refractivity contribution is 0.0985. The molecule has 0 saturated heterocycles. The average Bonchev–Trinajstić information content (AvgIpc) is 3.44. The van der Waals surface area contributed by atoms with Gasteiger partial charge in [0.25, 0.3) is 5.91 Å². The third-order valence-electron chi connectivity index (χ3n) is 4.54. The maximum absolute atomic E-state index is 13.5. The quantitative estimate of drug-likeness (QED) is 0.421. The standard InChI is InChI=1S/C21H19ClN4O3S/c1-28-15-11-14(12-16(13-15)29-2)20(27)26(10-9-25-8-4-7-23-25)21-24-19-17(22)5-3-6-18(19)30-21/h3-8,11-13H,9-10H2,1-2H3. The molecule has 1 amide bonds. The number of fused-ring (bicyclic) bond motifs is 1. The van der Waals surface area contributed by atoms with Crippen molar-refractivity contribution in [3.05, 3.63) is 65.4 Å². The number of hydrogen-bond donors (Lipinski definition) is 0. The summed E-state index contributed by atoms with van der Waals surface area (Å²) in [7, 11) is 3.10. The van der Waals surface area contributed by atoms with Gasteiger partial charge < -0.3 is 9.47 Å². The van der Waals surface area contributed by atoms with E-state index in [9.17, 15) is 4.79 Å². The second-order valence-corrected chi connectivity index (χ2v) is 7.83. The van der Waals surface area contributed by atoms with E-state index < -0.39 is 0 Å². The van der Waals surface area contributed by atoms with E-state index in [-0.39, 0.29) is 5.91 Å². The number of para-hydroxylation sites is 1. The smallest absolute Gasteiger partial charge is 0.260 e. The highest BCUT2D eigenvalue weighted by atomic mass is 35.5. The molecule has 0 spiro atoms. The molecule has 0 N–H and O–H groups in total. The first kappa shape index (κ1) is 20.2. The van der Waals surface area contributed by atoms with E-state index in [0.717, 1.165) is 4.70 Å². The maximum atomic E-state index is 13.5. The topological polar surface area (TPSA) is 69.5 Å². The lowest BCUT2D eigenvalue weighted by Gasteiger charge is -2.20. The Morgan fingerprint density at radius 2 is 1.93 bits per heavy atom. The summed E-state index contributed by atoms with van der Waals surface area (Å²) in [4.78, 5) is 19.8. The Bertz CT molecular complexity index is 1150. The zero-order chi connectivity index (χ0) is 21.1. The number of rotatable bonds is 7. The number of halogens is 1. The molecule has 0 atom stereocenters. The normalized spacial score (nSPS) is 10.9. The number of anilines is 1. The van der Waals surface area contributed by atoms with Crippen molar-refractivity contribution in [2.75, 3.05) is 25.7 Å². The summed E-state index contributed by atoms with van der Waals surface area (Å²) in [6.07, 6.45) is 3.56. The van der Waals surface area contributed by atoms with E-state index in [1.54, 1.807) is 54.3 Å². The zero-order valence-electron chi connectivity index (χ0n) is 16.4. The van der Waals surface area contributed by atoms with Gasteiger partial charge in [-0.3, -0.25) is 14.4 Å². The van der Waals surface area contributed by atoms with E-state index in [4.69, 9.17) is 21.1 Å². The molecule has 9 heteroatoms. The predicted molar refractivity (Wildman–Crippen MR) is 118 cm³/mol. The molecule has 0 unspecified atom stereocenters. The minimum absolute atomic E-state index is 0.213. The average molecular weight is 443 g/mol. The summed E-state index contributed by atoms with van der Waals surface area (Å²) < 4.78 is 13.3. The summed E-state index contributed by atoms with van der Waals surface area (Å²) >= 11 is 7.72. The highest BCUT2D eigenvalue weighted by Gasteiger charge is 2.23. The molecule has 0 fully saturated rings. The van der Waals surface area contributed by atoms with Gasteiger partial charge in [-0.15, -0.1) is 0 Å². The maximum Gasteiger partial charge on any atom is 0.260 e. The minimum Gasteiger partial charge on any atom is -0.497 e. The van der Waals surface area contributed by atoms with Crippen LogP contribution >= 0.6 is 22.9 Å². The van der Waals surface area contributed by atoms with Crippen LogP contribution < -0.4 is 14.4 Å². The summed E-state index contributed by atoms with van der Waals surface area (Å²) in [6, 6.07) is 12.5. The highest BCUT2D eigenvalue weighted by Crippen LogP contribution is 2.34. The second kappa shape index (κ2) is 8.73. The van der Waals surface area contributed by atoms with Crippen molar-refractivity contribution in [1.82, 2.24) is 14.8 Å². The Morgan fingerprint density at radius 1 is 1.17 bits per heavy atom. The summed E-state index contributed by atoms with van der Waals surface area (Å²) in [5.41, 5.74) is 1.12. The van der Waals surface area contributed by atoms with Crippen LogP contribution in [0, 0.1) is 0 Å². The number of methoxy groups -OCH3 is 2. The molecule has 4 aromatic rings. The number of aromatic nitrogens is 3. The van der Waals surface area contributed by atoms with Crippen LogP contribution in [0.5, 0.6) is 11.5 Å². The molecular formula is C21H19ClN4O3S. The van der Waals surface area contributed by atoms with Crippen molar-refractivity contribution >= 4 is 44.2 Å². The van der Waals surface area contributed by atoms with Crippen LogP contribution in [0.25, 0.3) is 10.2 Å². The van der Waals surface area contributed by atoms with Gasteiger partial charge in [-0.1, -0.05) is 29.0 Å². The van der Waals surface area contributed by atoms with Crippen LogP contribution in [0.3, 0.4) is 0 Å². The van der Waals surface area contributed by atoms with Gasteiger partial charge in [0.2, 0.25) is 0 Å². The molecule has 7 nitrogen and oxygen atoms in total. The summed E-state index contributed by atoms with van der Waals surface area (Å²) in [6.45, 7) is 0.904. The molecule has 2 aromatic heterocycles. The third kappa shape index (κ3) is 4.10. The number of benzene rings is 2. The number of carbonyl (C=O) groups is 1. The molecule has 0 bridgehead atoms. The van der Waals surface area contributed by atoms with Gasteiger partial charge in [-0.25, -0.2) is 4.98 Å². The van der Waals surface area contributed by atoms with E-state index >= 15 is 0 Å². The molecule has 0 aliphatic rings. The minimum atomic E-state index is -0.213. The lowest BCUT2D eigenvalue weighted by Crippen LogP contribution is -2.34. The Hall–Kier alpha value is -3.10. The third-order valence-corrected chi connectivity index (χ3v) is 5.89. The van der Waals surface area contributed by atoms with E-state index in [2.05, 4.69) is 10.1 Å². The number of amides is 1. The Morgan fingerprint density at radius 3 is 2.57 bits per heavy atom. The van der Waals surface area contributed by atoms with Crippen molar-refractivity contribution in [1.29, 1.82) is 0 Å². The first-order valence-electron chi connectivity index (χ1n) is 9.16. The van der Waals surface area contributed by atoms with E-state index in [0.29, 0.717) is 45.8 Å². The largest absolute Gasteiger partial charge is 0.497 e. The Kier molecular flexibility index (Phi) is 5.87. The van der Waals surface area contributed by atoms with Gasteiger partial charge in [-0.05, 0) is 30.3 Å². The molecule has 0 aliphatic heterocycles. The van der Waals surface area contributed by atoms with Crippen molar-refractivity contribution < 1.29 is 14.3 Å². The van der Waals surface area contributed by atoms with Crippen LogP contribution in [-0.4, -0.2) is 41.4 Å². The highest BCUT2D eigenvalue weighted by molar-refractivity contribution is 7.22. The lowest BCUT2D eigenvalue weighted by atomic mass is 10.1. The molecule has 4 rings (SSSR count). The number of thiazole rings is 1. The summed E-state index contributed by atoms with van der Waals surface area (Å²) in [5, 5.41) is 5.35. The fourth-order valence-electron chi connectivity index (χ4n) is 3.02. The monoisotopic (exact) mass is 442 g/mol. The molecular weight excluding hydrogens is 424 g/mol. The molecule has 2 heterocycles. The summed E-state index contributed by atoms with van der Waals surface area (Å²) in [5.74, 6) is 0.865.